The van der Waals surface area contributed by atoms with Crippen LogP contribution in [0.15, 0.2) is 18.2 Å². The lowest BCUT2D eigenvalue weighted by atomic mass is 9.96. The van der Waals surface area contributed by atoms with Crippen LogP contribution >= 0.6 is 0 Å². The molecule has 1 heterocycles. The lowest BCUT2D eigenvalue weighted by molar-refractivity contribution is 0.644. The number of fused-ring (bicyclic) bond motifs is 1. The molecule has 1 aromatic rings. The normalized spacial score (nSPS) is 14.4. The first-order chi connectivity index (χ1) is 6.27. The molecule has 0 amide bonds. The molecule has 1 nitrogen and oxygen atoms in total. The third-order valence-electron chi connectivity index (χ3n) is 2.59. The number of hydrogen-bond donors (Lipinski definition) is 1. The molecule has 0 saturated heterocycles. The fourth-order valence-corrected chi connectivity index (χ4v) is 2.05. The minimum Gasteiger partial charge on any atom is -0.384 e. The van der Waals surface area contributed by atoms with Crippen LogP contribution in [0.3, 0.4) is 0 Å². The van der Waals surface area contributed by atoms with Crippen LogP contribution in [0.5, 0.6) is 0 Å². The Kier molecular flexibility index (Phi) is 2.26. The van der Waals surface area contributed by atoms with Gasteiger partial charge in [0.05, 0.1) is 0 Å². The molecule has 0 aliphatic carbocycles. The van der Waals surface area contributed by atoms with Gasteiger partial charge in [-0.3, -0.25) is 0 Å². The zero-order chi connectivity index (χ0) is 9.26. The molecule has 2 rings (SSSR count). The maximum atomic E-state index is 3.41. The molecule has 0 fully saturated rings. The van der Waals surface area contributed by atoms with Gasteiger partial charge in [-0.2, -0.15) is 0 Å². The summed E-state index contributed by atoms with van der Waals surface area (Å²) >= 11 is 0. The van der Waals surface area contributed by atoms with Gasteiger partial charge >= 0.3 is 0 Å². The predicted molar refractivity (Wildman–Crippen MR) is 57.2 cm³/mol. The minimum absolute atomic E-state index is 0.757. The maximum absolute atomic E-state index is 3.41. The first-order valence-electron chi connectivity index (χ1n) is 5.12. The Morgan fingerprint density at radius 3 is 3.00 bits per heavy atom. The van der Waals surface area contributed by atoms with E-state index in [0.29, 0.717) is 0 Å². The standard InChI is InChI=1S/C12H17N/c1-9(2)8-10-4-3-5-12-11(10)6-7-13-12/h3-5,9,13H,6-8H2,1-2H3. The Morgan fingerprint density at radius 2 is 2.23 bits per heavy atom. The van der Waals surface area contributed by atoms with E-state index in [0.717, 1.165) is 12.5 Å². The van der Waals surface area contributed by atoms with E-state index in [9.17, 15) is 0 Å². The molecule has 0 unspecified atom stereocenters. The van der Waals surface area contributed by atoms with Crippen molar-refractivity contribution in [2.75, 3.05) is 11.9 Å². The first-order valence-corrected chi connectivity index (χ1v) is 5.12. The number of anilines is 1. The van der Waals surface area contributed by atoms with Gasteiger partial charge in [-0.25, -0.2) is 0 Å². The number of rotatable bonds is 2. The molecule has 0 radical (unpaired) electrons. The van der Waals surface area contributed by atoms with Crippen molar-refractivity contribution in [2.45, 2.75) is 26.7 Å². The van der Waals surface area contributed by atoms with Gasteiger partial charge in [0.2, 0.25) is 0 Å². The molecule has 0 saturated carbocycles. The topological polar surface area (TPSA) is 12.0 Å². The van der Waals surface area contributed by atoms with Gasteiger partial charge in [0, 0.05) is 12.2 Å². The van der Waals surface area contributed by atoms with Crippen LogP contribution in [0, 0.1) is 5.92 Å². The lowest BCUT2D eigenvalue weighted by Gasteiger charge is -2.09. The molecule has 1 aliphatic heterocycles. The largest absolute Gasteiger partial charge is 0.384 e. The average molecular weight is 175 g/mol. The maximum Gasteiger partial charge on any atom is 0.0376 e. The Labute approximate surface area is 80.2 Å². The highest BCUT2D eigenvalue weighted by molar-refractivity contribution is 5.58. The summed E-state index contributed by atoms with van der Waals surface area (Å²) in [6.07, 6.45) is 2.42. The van der Waals surface area contributed by atoms with Crippen molar-refractivity contribution in [3.8, 4) is 0 Å². The fourth-order valence-electron chi connectivity index (χ4n) is 2.05. The molecule has 70 valence electrons. The Hall–Kier alpha value is -0.980. The second-order valence-electron chi connectivity index (χ2n) is 4.22. The summed E-state index contributed by atoms with van der Waals surface area (Å²) in [5.41, 5.74) is 4.45. The summed E-state index contributed by atoms with van der Waals surface area (Å²) in [6, 6.07) is 6.62. The summed E-state index contributed by atoms with van der Waals surface area (Å²) in [5.74, 6) is 0.757. The molecule has 1 aliphatic rings. The van der Waals surface area contributed by atoms with Crippen molar-refractivity contribution in [3.63, 3.8) is 0 Å². The molecule has 1 aromatic carbocycles. The number of nitrogens with one attached hydrogen (secondary N) is 1. The lowest BCUT2D eigenvalue weighted by Crippen LogP contribution is -1.97. The third kappa shape index (κ3) is 1.69. The van der Waals surface area contributed by atoms with Crippen LogP contribution in [-0.4, -0.2) is 6.54 Å². The molecule has 1 N–H and O–H groups in total. The van der Waals surface area contributed by atoms with Crippen molar-refractivity contribution < 1.29 is 0 Å². The zero-order valence-electron chi connectivity index (χ0n) is 8.43. The van der Waals surface area contributed by atoms with Crippen LogP contribution in [0.25, 0.3) is 0 Å². The van der Waals surface area contributed by atoms with Crippen LogP contribution < -0.4 is 5.32 Å². The summed E-state index contributed by atoms with van der Waals surface area (Å²) in [7, 11) is 0. The smallest absolute Gasteiger partial charge is 0.0376 e. The molecule has 0 atom stereocenters. The van der Waals surface area contributed by atoms with Gasteiger partial charge in [0.25, 0.3) is 0 Å². The van der Waals surface area contributed by atoms with Crippen molar-refractivity contribution in [1.29, 1.82) is 0 Å². The summed E-state index contributed by atoms with van der Waals surface area (Å²) in [4.78, 5) is 0. The molecule has 0 spiro atoms. The van der Waals surface area contributed by atoms with E-state index in [2.05, 4.69) is 37.4 Å². The van der Waals surface area contributed by atoms with E-state index >= 15 is 0 Å². The molecule has 0 aromatic heterocycles. The van der Waals surface area contributed by atoms with Crippen molar-refractivity contribution in [1.82, 2.24) is 0 Å². The molecular weight excluding hydrogens is 158 g/mol. The SMILES string of the molecule is CC(C)Cc1cccc2c1CCN2. The third-order valence-corrected chi connectivity index (χ3v) is 2.59. The second-order valence-corrected chi connectivity index (χ2v) is 4.22. The second kappa shape index (κ2) is 3.41. The van der Waals surface area contributed by atoms with Gasteiger partial charge in [-0.1, -0.05) is 26.0 Å². The molecule has 0 bridgehead atoms. The Balaban J connectivity index is 2.30. The van der Waals surface area contributed by atoms with Gasteiger partial charge in [-0.15, -0.1) is 0 Å². The van der Waals surface area contributed by atoms with E-state index in [1.54, 1.807) is 5.56 Å². The molecule has 1 heteroatoms. The van der Waals surface area contributed by atoms with E-state index in [1.165, 1.54) is 24.1 Å². The van der Waals surface area contributed by atoms with E-state index in [4.69, 9.17) is 0 Å². The van der Waals surface area contributed by atoms with Crippen LogP contribution in [0.4, 0.5) is 5.69 Å². The monoisotopic (exact) mass is 175 g/mol. The van der Waals surface area contributed by atoms with Gasteiger partial charge < -0.3 is 5.32 Å². The molecular formula is C12H17N. The van der Waals surface area contributed by atoms with Crippen LogP contribution in [0.1, 0.15) is 25.0 Å². The van der Waals surface area contributed by atoms with E-state index in [1.807, 2.05) is 0 Å². The van der Waals surface area contributed by atoms with E-state index in [-0.39, 0.29) is 0 Å². The van der Waals surface area contributed by atoms with Crippen LogP contribution in [0.2, 0.25) is 0 Å². The van der Waals surface area contributed by atoms with Crippen molar-refractivity contribution in [3.05, 3.63) is 29.3 Å². The predicted octanol–water partition coefficient (Wildman–Crippen LogP) is 2.85. The Morgan fingerprint density at radius 1 is 1.38 bits per heavy atom. The van der Waals surface area contributed by atoms with Crippen molar-refractivity contribution in [2.24, 2.45) is 5.92 Å². The average Bonchev–Trinajstić information content (AvgIpc) is 2.51. The number of hydrogen-bond acceptors (Lipinski definition) is 1. The van der Waals surface area contributed by atoms with Gasteiger partial charge in [0.15, 0.2) is 0 Å². The summed E-state index contributed by atoms with van der Waals surface area (Å²) < 4.78 is 0. The highest BCUT2D eigenvalue weighted by Gasteiger charge is 2.13. The zero-order valence-corrected chi connectivity index (χ0v) is 8.43. The van der Waals surface area contributed by atoms with Crippen LogP contribution in [-0.2, 0) is 12.8 Å². The fraction of sp³-hybridized carbons (Fsp3) is 0.500. The summed E-state index contributed by atoms with van der Waals surface area (Å²) in [6.45, 7) is 5.67. The number of benzene rings is 1. The Bertz CT molecular complexity index is 302. The molecule has 13 heavy (non-hydrogen) atoms. The van der Waals surface area contributed by atoms with E-state index < -0.39 is 0 Å². The summed E-state index contributed by atoms with van der Waals surface area (Å²) in [5, 5.41) is 3.41. The first kappa shape index (κ1) is 8.61. The highest BCUT2D eigenvalue weighted by Crippen LogP contribution is 2.26. The van der Waals surface area contributed by atoms with Crippen molar-refractivity contribution >= 4 is 5.69 Å². The van der Waals surface area contributed by atoms with Gasteiger partial charge in [-0.05, 0) is 36.0 Å². The highest BCUT2D eigenvalue weighted by atomic mass is 14.9. The minimum atomic E-state index is 0.757. The quantitative estimate of drug-likeness (QED) is 0.728. The van der Waals surface area contributed by atoms with Gasteiger partial charge in [0.1, 0.15) is 0 Å².